The van der Waals surface area contributed by atoms with Crippen molar-refractivity contribution in [1.29, 1.82) is 0 Å². The van der Waals surface area contributed by atoms with Crippen LogP contribution in [0.2, 0.25) is 20.1 Å². The van der Waals surface area contributed by atoms with E-state index in [0.29, 0.717) is 26.5 Å². The average Bonchev–Trinajstić information content (AvgIpc) is 2.86. The molecule has 0 unspecified atom stereocenters. The minimum atomic E-state index is 0.426. The molecule has 2 aromatic carbocycles. The number of nitrogens with one attached hydrogen (secondary N) is 1. The second kappa shape index (κ2) is 6.74. The second-order valence-electron chi connectivity index (χ2n) is 5.21. The van der Waals surface area contributed by atoms with Crippen molar-refractivity contribution in [3.05, 3.63) is 73.6 Å². The van der Waals surface area contributed by atoms with Crippen molar-refractivity contribution in [2.75, 3.05) is 0 Å². The van der Waals surface area contributed by atoms with E-state index in [4.69, 9.17) is 46.4 Å². The molecule has 1 N–H and O–H groups in total. The van der Waals surface area contributed by atoms with Gasteiger partial charge in [0.2, 0.25) is 0 Å². The molecule has 2 nitrogen and oxygen atoms in total. The lowest BCUT2D eigenvalue weighted by atomic mass is 10.1. The van der Waals surface area contributed by atoms with Crippen LogP contribution < -0.4 is 0 Å². The first kappa shape index (κ1) is 16.7. The molecule has 3 rings (SSSR count). The van der Waals surface area contributed by atoms with Crippen LogP contribution in [0.4, 0.5) is 0 Å². The Labute approximate surface area is 154 Å². The summed E-state index contributed by atoms with van der Waals surface area (Å²) in [6.07, 6.45) is 0.678. The monoisotopic (exact) mass is 384 g/mol. The summed E-state index contributed by atoms with van der Waals surface area (Å²) >= 11 is 24.3. The van der Waals surface area contributed by atoms with Gasteiger partial charge in [-0.3, -0.25) is 0 Å². The Morgan fingerprint density at radius 3 is 2.26 bits per heavy atom. The van der Waals surface area contributed by atoms with Gasteiger partial charge in [-0.2, -0.15) is 0 Å². The fourth-order valence-corrected chi connectivity index (χ4v) is 3.13. The standard InChI is InChI=1S/C17H12Cl4N2/c1-9-17(12-7-14(20)15(21)8-13(12)19)23-16(22-9)6-10-2-4-11(18)5-3-10/h2-5,7-8H,6H2,1H3,(H,22,23). The fourth-order valence-electron chi connectivity index (χ4n) is 2.37. The molecule has 0 bridgehead atoms. The van der Waals surface area contributed by atoms with Gasteiger partial charge in [0.05, 0.1) is 20.8 Å². The number of halogens is 4. The van der Waals surface area contributed by atoms with E-state index in [0.717, 1.165) is 28.3 Å². The summed E-state index contributed by atoms with van der Waals surface area (Å²) in [5.74, 6) is 0.849. The summed E-state index contributed by atoms with van der Waals surface area (Å²) in [6, 6.07) is 11.1. The number of aryl methyl sites for hydroxylation is 1. The number of aromatic nitrogens is 2. The molecule has 0 amide bonds. The van der Waals surface area contributed by atoms with Crippen LogP contribution in [0.25, 0.3) is 11.3 Å². The van der Waals surface area contributed by atoms with E-state index in [2.05, 4.69) is 9.97 Å². The van der Waals surface area contributed by atoms with E-state index in [9.17, 15) is 0 Å². The van der Waals surface area contributed by atoms with Gasteiger partial charge in [0.25, 0.3) is 0 Å². The minimum Gasteiger partial charge on any atom is -0.345 e. The highest BCUT2D eigenvalue weighted by Crippen LogP contribution is 2.35. The Kier molecular flexibility index (Phi) is 4.88. The first-order valence-corrected chi connectivity index (χ1v) is 8.40. The van der Waals surface area contributed by atoms with Crippen LogP contribution >= 0.6 is 46.4 Å². The second-order valence-corrected chi connectivity index (χ2v) is 6.86. The Bertz CT molecular complexity index is 854. The van der Waals surface area contributed by atoms with Gasteiger partial charge in [-0.1, -0.05) is 58.5 Å². The number of nitrogens with zero attached hydrogens (tertiary/aromatic N) is 1. The lowest BCUT2D eigenvalue weighted by Crippen LogP contribution is -1.90. The molecule has 0 atom stereocenters. The fraction of sp³-hybridized carbons (Fsp3) is 0.118. The summed E-state index contributed by atoms with van der Waals surface area (Å²) in [5.41, 5.74) is 3.58. The SMILES string of the molecule is Cc1[nH]c(Cc2ccc(Cl)cc2)nc1-c1cc(Cl)c(Cl)cc1Cl. The molecule has 0 radical (unpaired) electrons. The highest BCUT2D eigenvalue weighted by atomic mass is 35.5. The van der Waals surface area contributed by atoms with Gasteiger partial charge in [0, 0.05) is 22.7 Å². The molecular formula is C17H12Cl4N2. The zero-order chi connectivity index (χ0) is 16.6. The van der Waals surface area contributed by atoms with Gasteiger partial charge in [-0.15, -0.1) is 0 Å². The molecule has 0 saturated carbocycles. The van der Waals surface area contributed by atoms with E-state index < -0.39 is 0 Å². The molecule has 3 aromatic rings. The minimum absolute atomic E-state index is 0.426. The van der Waals surface area contributed by atoms with Crippen LogP contribution in [0.1, 0.15) is 17.1 Å². The van der Waals surface area contributed by atoms with Crippen LogP contribution in [0, 0.1) is 6.92 Å². The van der Waals surface area contributed by atoms with Crippen LogP contribution in [0.3, 0.4) is 0 Å². The highest BCUT2D eigenvalue weighted by molar-refractivity contribution is 6.44. The normalized spacial score (nSPS) is 11.0. The Balaban J connectivity index is 1.95. The number of hydrogen-bond acceptors (Lipinski definition) is 1. The first-order chi connectivity index (χ1) is 10.9. The Hall–Kier alpha value is -1.19. The highest BCUT2D eigenvalue weighted by Gasteiger charge is 2.14. The summed E-state index contributed by atoms with van der Waals surface area (Å²) in [6.45, 7) is 1.95. The van der Waals surface area contributed by atoms with Gasteiger partial charge in [0.15, 0.2) is 0 Å². The number of benzene rings is 2. The average molecular weight is 386 g/mol. The van der Waals surface area contributed by atoms with E-state index in [1.54, 1.807) is 12.1 Å². The van der Waals surface area contributed by atoms with Crippen molar-refractivity contribution in [3.63, 3.8) is 0 Å². The third-order valence-corrected chi connectivity index (χ3v) is 4.77. The molecule has 0 aliphatic heterocycles. The molecule has 0 aliphatic rings. The lowest BCUT2D eigenvalue weighted by Gasteiger charge is -2.04. The van der Waals surface area contributed by atoms with E-state index in [-0.39, 0.29) is 0 Å². The molecule has 0 spiro atoms. The maximum absolute atomic E-state index is 6.28. The number of rotatable bonds is 3. The van der Waals surface area contributed by atoms with E-state index >= 15 is 0 Å². The molecule has 1 aromatic heterocycles. The van der Waals surface area contributed by atoms with Crippen molar-refractivity contribution in [1.82, 2.24) is 9.97 Å². The molecule has 1 heterocycles. The summed E-state index contributed by atoms with van der Waals surface area (Å²) in [5, 5.41) is 2.11. The predicted molar refractivity (Wildman–Crippen MR) is 98.0 cm³/mol. The lowest BCUT2D eigenvalue weighted by molar-refractivity contribution is 1.02. The molecule has 6 heteroatoms. The van der Waals surface area contributed by atoms with E-state index in [1.807, 2.05) is 31.2 Å². The summed E-state index contributed by atoms with van der Waals surface area (Å²) < 4.78 is 0. The summed E-state index contributed by atoms with van der Waals surface area (Å²) in [4.78, 5) is 7.94. The van der Waals surface area contributed by atoms with Crippen molar-refractivity contribution in [3.8, 4) is 11.3 Å². The molecule has 23 heavy (non-hydrogen) atoms. The third-order valence-electron chi connectivity index (χ3n) is 3.48. The molecule has 118 valence electrons. The number of hydrogen-bond donors (Lipinski definition) is 1. The molecule has 0 fully saturated rings. The maximum Gasteiger partial charge on any atom is 0.111 e. The Morgan fingerprint density at radius 2 is 1.57 bits per heavy atom. The van der Waals surface area contributed by atoms with Crippen LogP contribution in [-0.4, -0.2) is 9.97 Å². The molecule has 0 saturated heterocycles. The van der Waals surface area contributed by atoms with Crippen LogP contribution in [-0.2, 0) is 6.42 Å². The third kappa shape index (κ3) is 3.67. The van der Waals surface area contributed by atoms with Gasteiger partial charge in [0.1, 0.15) is 5.82 Å². The maximum atomic E-state index is 6.28. The zero-order valence-electron chi connectivity index (χ0n) is 12.1. The van der Waals surface area contributed by atoms with Gasteiger partial charge in [-0.25, -0.2) is 4.98 Å². The predicted octanol–water partition coefficient (Wildman–Crippen LogP) is 6.59. The van der Waals surface area contributed by atoms with Gasteiger partial charge < -0.3 is 4.98 Å². The zero-order valence-corrected chi connectivity index (χ0v) is 15.2. The first-order valence-electron chi connectivity index (χ1n) is 6.89. The van der Waals surface area contributed by atoms with Crippen molar-refractivity contribution >= 4 is 46.4 Å². The van der Waals surface area contributed by atoms with Crippen molar-refractivity contribution < 1.29 is 0 Å². The van der Waals surface area contributed by atoms with Crippen LogP contribution in [0.15, 0.2) is 36.4 Å². The number of imidazole rings is 1. The smallest absolute Gasteiger partial charge is 0.111 e. The van der Waals surface area contributed by atoms with Crippen LogP contribution in [0.5, 0.6) is 0 Å². The molecule has 0 aliphatic carbocycles. The van der Waals surface area contributed by atoms with Crippen molar-refractivity contribution in [2.24, 2.45) is 0 Å². The number of H-pyrrole nitrogens is 1. The molecular weight excluding hydrogens is 374 g/mol. The Morgan fingerprint density at radius 1 is 0.913 bits per heavy atom. The topological polar surface area (TPSA) is 28.7 Å². The van der Waals surface area contributed by atoms with Gasteiger partial charge in [-0.05, 0) is 36.8 Å². The largest absolute Gasteiger partial charge is 0.345 e. The van der Waals surface area contributed by atoms with E-state index in [1.165, 1.54) is 0 Å². The number of aromatic amines is 1. The van der Waals surface area contributed by atoms with Gasteiger partial charge >= 0.3 is 0 Å². The quantitative estimate of drug-likeness (QED) is 0.506. The van der Waals surface area contributed by atoms with Crippen molar-refractivity contribution in [2.45, 2.75) is 13.3 Å². The summed E-state index contributed by atoms with van der Waals surface area (Å²) in [7, 11) is 0.